The van der Waals surface area contributed by atoms with Gasteiger partial charge in [0.2, 0.25) is 5.54 Å². The molecule has 1 aromatic carbocycles. The van der Waals surface area contributed by atoms with Gasteiger partial charge in [0.15, 0.2) is 0 Å². The number of hydrogen-bond acceptors (Lipinski definition) is 3. The largest absolute Gasteiger partial charge is 0.264 e. The predicted molar refractivity (Wildman–Crippen MR) is 53.7 cm³/mol. The molecule has 0 aliphatic heterocycles. The summed E-state index contributed by atoms with van der Waals surface area (Å²) in [4.78, 5) is 10.8. The van der Waals surface area contributed by atoms with Gasteiger partial charge in [0, 0.05) is 23.3 Å². The standard InChI is InChI=1S/C11H10N2O2/c12-8-9-3-1-4-10(7-9)11(13(14)15)5-2-6-11/h1,3-4,7H,2,5-6H2. The summed E-state index contributed by atoms with van der Waals surface area (Å²) in [5, 5.41) is 19.8. The normalized spacial score (nSPS) is 17.5. The maximum atomic E-state index is 11.0. The van der Waals surface area contributed by atoms with E-state index in [4.69, 9.17) is 5.26 Å². The van der Waals surface area contributed by atoms with Crippen molar-refractivity contribution in [2.45, 2.75) is 24.8 Å². The fourth-order valence-corrected chi connectivity index (χ4v) is 1.97. The Morgan fingerprint density at radius 1 is 1.47 bits per heavy atom. The molecule has 0 N–H and O–H groups in total. The fourth-order valence-electron chi connectivity index (χ4n) is 1.97. The second-order valence-corrected chi connectivity index (χ2v) is 3.83. The Morgan fingerprint density at radius 3 is 2.67 bits per heavy atom. The van der Waals surface area contributed by atoms with Gasteiger partial charge in [-0.3, -0.25) is 10.1 Å². The van der Waals surface area contributed by atoms with Crippen LogP contribution in [0.5, 0.6) is 0 Å². The van der Waals surface area contributed by atoms with E-state index in [0.29, 0.717) is 24.0 Å². The molecular formula is C11H10N2O2. The van der Waals surface area contributed by atoms with E-state index in [9.17, 15) is 10.1 Å². The van der Waals surface area contributed by atoms with Crippen LogP contribution in [0, 0.1) is 21.4 Å². The zero-order valence-electron chi connectivity index (χ0n) is 8.14. The van der Waals surface area contributed by atoms with Crippen LogP contribution in [0.4, 0.5) is 0 Å². The number of nitriles is 1. The van der Waals surface area contributed by atoms with Gasteiger partial charge in [-0.05, 0) is 18.6 Å². The minimum absolute atomic E-state index is 0.215. The maximum Gasteiger partial charge on any atom is 0.247 e. The molecule has 1 aliphatic carbocycles. The van der Waals surface area contributed by atoms with Crippen LogP contribution in [0.2, 0.25) is 0 Å². The SMILES string of the molecule is N#Cc1cccc(C2([N+](=O)[O-])CCC2)c1. The van der Waals surface area contributed by atoms with E-state index in [1.54, 1.807) is 24.3 Å². The van der Waals surface area contributed by atoms with Crippen LogP contribution < -0.4 is 0 Å². The highest BCUT2D eigenvalue weighted by molar-refractivity contribution is 5.36. The third kappa shape index (κ3) is 1.37. The van der Waals surface area contributed by atoms with Gasteiger partial charge in [-0.15, -0.1) is 0 Å². The van der Waals surface area contributed by atoms with E-state index >= 15 is 0 Å². The smallest absolute Gasteiger partial charge is 0.247 e. The number of hydrogen-bond donors (Lipinski definition) is 0. The van der Waals surface area contributed by atoms with E-state index in [2.05, 4.69) is 0 Å². The van der Waals surface area contributed by atoms with Gasteiger partial charge >= 0.3 is 0 Å². The molecule has 0 unspecified atom stereocenters. The Morgan fingerprint density at radius 2 is 2.20 bits per heavy atom. The van der Waals surface area contributed by atoms with E-state index in [1.165, 1.54) is 0 Å². The maximum absolute atomic E-state index is 11.0. The number of nitrogens with zero attached hydrogens (tertiary/aromatic N) is 2. The van der Waals surface area contributed by atoms with Crippen LogP contribution in [0.3, 0.4) is 0 Å². The molecule has 4 nitrogen and oxygen atoms in total. The monoisotopic (exact) mass is 202 g/mol. The van der Waals surface area contributed by atoms with Crippen molar-refractivity contribution in [3.05, 3.63) is 45.5 Å². The van der Waals surface area contributed by atoms with Crippen molar-refractivity contribution in [3.8, 4) is 6.07 Å². The van der Waals surface area contributed by atoms with Crippen molar-refractivity contribution in [2.24, 2.45) is 0 Å². The quantitative estimate of drug-likeness (QED) is 0.545. The lowest BCUT2D eigenvalue weighted by Crippen LogP contribution is -2.42. The van der Waals surface area contributed by atoms with Crippen LogP contribution in [0.25, 0.3) is 0 Å². The lowest BCUT2D eigenvalue weighted by atomic mass is 9.72. The molecule has 0 spiro atoms. The molecule has 0 atom stereocenters. The Balaban J connectivity index is 2.44. The van der Waals surface area contributed by atoms with Crippen molar-refractivity contribution >= 4 is 0 Å². The summed E-state index contributed by atoms with van der Waals surface area (Å²) in [5.41, 5.74) is 0.228. The summed E-state index contributed by atoms with van der Waals surface area (Å²) in [7, 11) is 0. The summed E-state index contributed by atoms with van der Waals surface area (Å²) in [6, 6.07) is 8.74. The van der Waals surface area contributed by atoms with Crippen LogP contribution in [-0.4, -0.2) is 4.92 Å². The average Bonchev–Trinajstić information content (AvgIpc) is 2.16. The van der Waals surface area contributed by atoms with E-state index in [-0.39, 0.29) is 4.92 Å². The number of nitro groups is 1. The van der Waals surface area contributed by atoms with Crippen LogP contribution in [-0.2, 0) is 5.54 Å². The Labute approximate surface area is 87.3 Å². The number of benzene rings is 1. The second kappa shape index (κ2) is 3.35. The topological polar surface area (TPSA) is 66.9 Å². The lowest BCUT2D eigenvalue weighted by molar-refractivity contribution is -0.596. The number of rotatable bonds is 2. The van der Waals surface area contributed by atoms with E-state index < -0.39 is 5.54 Å². The van der Waals surface area contributed by atoms with Crippen LogP contribution in [0.1, 0.15) is 30.4 Å². The van der Waals surface area contributed by atoms with Gasteiger partial charge in [-0.1, -0.05) is 12.1 Å². The van der Waals surface area contributed by atoms with Crippen LogP contribution in [0.15, 0.2) is 24.3 Å². The lowest BCUT2D eigenvalue weighted by Gasteiger charge is -2.33. The first-order valence-corrected chi connectivity index (χ1v) is 4.84. The second-order valence-electron chi connectivity index (χ2n) is 3.83. The molecule has 0 aromatic heterocycles. The Bertz CT molecular complexity index is 444. The minimum atomic E-state index is -0.924. The highest BCUT2D eigenvalue weighted by Crippen LogP contribution is 2.44. The summed E-state index contributed by atoms with van der Waals surface area (Å²) in [6.07, 6.45) is 2.04. The van der Waals surface area contributed by atoms with Gasteiger partial charge in [0.1, 0.15) is 0 Å². The van der Waals surface area contributed by atoms with Crippen molar-refractivity contribution in [1.82, 2.24) is 0 Å². The van der Waals surface area contributed by atoms with Gasteiger partial charge in [0.25, 0.3) is 0 Å². The highest BCUT2D eigenvalue weighted by atomic mass is 16.6. The van der Waals surface area contributed by atoms with Crippen LogP contribution >= 0.6 is 0 Å². The van der Waals surface area contributed by atoms with Gasteiger partial charge in [-0.25, -0.2) is 0 Å². The first-order chi connectivity index (χ1) is 7.19. The summed E-state index contributed by atoms with van der Waals surface area (Å²) in [5.74, 6) is 0. The van der Waals surface area contributed by atoms with E-state index in [0.717, 1.165) is 6.42 Å². The molecule has 0 radical (unpaired) electrons. The molecule has 15 heavy (non-hydrogen) atoms. The summed E-state index contributed by atoms with van der Waals surface area (Å²) >= 11 is 0. The average molecular weight is 202 g/mol. The van der Waals surface area contributed by atoms with Gasteiger partial charge in [-0.2, -0.15) is 5.26 Å². The molecule has 1 fully saturated rings. The molecule has 0 heterocycles. The molecule has 0 bridgehead atoms. The predicted octanol–water partition coefficient (Wildman–Crippen LogP) is 2.21. The third-order valence-electron chi connectivity index (χ3n) is 3.06. The van der Waals surface area contributed by atoms with Crippen molar-refractivity contribution in [3.63, 3.8) is 0 Å². The molecule has 0 saturated heterocycles. The van der Waals surface area contributed by atoms with Gasteiger partial charge in [0.05, 0.1) is 11.6 Å². The molecule has 1 aliphatic rings. The minimum Gasteiger partial charge on any atom is -0.264 e. The summed E-state index contributed by atoms with van der Waals surface area (Å²) < 4.78 is 0. The zero-order valence-corrected chi connectivity index (χ0v) is 8.14. The highest BCUT2D eigenvalue weighted by Gasteiger charge is 2.50. The van der Waals surface area contributed by atoms with Crippen molar-refractivity contribution < 1.29 is 4.92 Å². The van der Waals surface area contributed by atoms with Gasteiger partial charge < -0.3 is 0 Å². The Kier molecular flexibility index (Phi) is 2.16. The molecule has 76 valence electrons. The van der Waals surface area contributed by atoms with E-state index in [1.807, 2.05) is 6.07 Å². The third-order valence-corrected chi connectivity index (χ3v) is 3.06. The Hall–Kier alpha value is -1.89. The molecule has 1 aromatic rings. The van der Waals surface area contributed by atoms with Crippen molar-refractivity contribution in [1.29, 1.82) is 5.26 Å². The first-order valence-electron chi connectivity index (χ1n) is 4.84. The molecule has 0 amide bonds. The molecule has 1 saturated carbocycles. The van der Waals surface area contributed by atoms with Crippen molar-refractivity contribution in [2.75, 3.05) is 0 Å². The fraction of sp³-hybridized carbons (Fsp3) is 0.364. The summed E-state index contributed by atoms with van der Waals surface area (Å²) in [6.45, 7) is 0. The molecule has 4 heteroatoms. The molecular weight excluding hydrogens is 192 g/mol. The zero-order chi connectivity index (χ0) is 10.9. The molecule has 2 rings (SSSR count). The first kappa shape index (κ1) is 9.66.